The van der Waals surface area contributed by atoms with Crippen LogP contribution in [-0.2, 0) is 70.2 Å². The number of amides is 2. The fourth-order valence-corrected chi connectivity index (χ4v) is 5.27. The summed E-state index contributed by atoms with van der Waals surface area (Å²) in [5.41, 5.74) is 0. The first-order valence-corrected chi connectivity index (χ1v) is 18.7. The molecule has 0 bridgehead atoms. The summed E-state index contributed by atoms with van der Waals surface area (Å²) >= 11 is 0. The predicted molar refractivity (Wildman–Crippen MR) is 183 cm³/mol. The lowest BCUT2D eigenvalue weighted by Crippen LogP contribution is -2.43. The smallest absolute Gasteiger partial charge is 0.461 e. The third-order valence-electron chi connectivity index (χ3n) is 6.17. The number of esters is 1. The molecule has 19 nitrogen and oxygen atoms in total. The van der Waals surface area contributed by atoms with E-state index in [1.807, 2.05) is 0 Å². The summed E-state index contributed by atoms with van der Waals surface area (Å²) < 4.78 is 74.0. The van der Waals surface area contributed by atoms with Crippen molar-refractivity contribution in [2.45, 2.75) is 12.5 Å². The summed E-state index contributed by atoms with van der Waals surface area (Å²) in [4.78, 5) is 34.0. The molecule has 0 saturated heterocycles. The number of nitrogens with one attached hydrogen (secondary N) is 2. The number of hydrogen-bond donors (Lipinski definition) is 2. The Labute approximate surface area is 302 Å². The Bertz CT molecular complexity index is 834. The van der Waals surface area contributed by atoms with Crippen LogP contribution in [0.25, 0.3) is 0 Å². The molecule has 51 heavy (non-hydrogen) atoms. The number of carbonyl (C=O) groups excluding carboxylic acids is 3. The fourth-order valence-electron chi connectivity index (χ4n) is 3.55. The number of hydrogen-bond acceptors (Lipinski definition) is 17. The summed E-state index contributed by atoms with van der Waals surface area (Å²) in [6.07, 6.45) is 0.549. The van der Waals surface area contributed by atoms with Crippen molar-refractivity contribution < 1.29 is 79.8 Å². The molecule has 300 valence electrons. The summed E-state index contributed by atoms with van der Waals surface area (Å²) in [5.74, 6) is -0.556. The van der Waals surface area contributed by atoms with Gasteiger partial charge in [-0.2, -0.15) is 0 Å². The molecule has 0 aromatic carbocycles. The van der Waals surface area contributed by atoms with Crippen LogP contribution in [0.2, 0.25) is 6.04 Å². The minimum absolute atomic E-state index is 0.0339. The van der Waals surface area contributed by atoms with Crippen molar-refractivity contribution >= 4 is 27.0 Å². The summed E-state index contributed by atoms with van der Waals surface area (Å²) in [6, 6.07) is 0.583. The zero-order valence-electron chi connectivity index (χ0n) is 30.5. The van der Waals surface area contributed by atoms with Crippen LogP contribution >= 0.6 is 0 Å². The molecule has 0 rings (SSSR count). The second-order valence-electron chi connectivity index (χ2n) is 9.79. The van der Waals surface area contributed by atoms with Crippen molar-refractivity contribution in [2.24, 2.45) is 0 Å². The normalized spacial score (nSPS) is 11.3. The standard InChI is InChI=1S/C31H60N2O17Si/c1-5-29(34)48-9-8-33-31(36)50-27-25-47-23-21-45-19-17-43-15-13-41-11-10-40-12-14-42-16-18-44-20-22-46-24-26-49-30(35)32-7-6-28-51(37-2,38-3)39-4/h5H,1,6-28H2,2-4H3,(H,32,35)(H,33,36). The zero-order chi connectivity index (χ0) is 37.5. The highest BCUT2D eigenvalue weighted by molar-refractivity contribution is 6.60. The fraction of sp³-hybridized carbons (Fsp3) is 0.839. The minimum atomic E-state index is -2.63. The van der Waals surface area contributed by atoms with E-state index < -0.39 is 27.0 Å². The molecule has 0 aliphatic heterocycles. The highest BCUT2D eigenvalue weighted by Gasteiger charge is 2.36. The Hall–Kier alpha value is -2.47. The monoisotopic (exact) mass is 760 g/mol. The van der Waals surface area contributed by atoms with Crippen LogP contribution in [0.3, 0.4) is 0 Å². The molecule has 0 spiro atoms. The second-order valence-corrected chi connectivity index (χ2v) is 12.9. The van der Waals surface area contributed by atoms with Crippen molar-refractivity contribution in [3.05, 3.63) is 12.7 Å². The van der Waals surface area contributed by atoms with Crippen molar-refractivity contribution in [3.63, 3.8) is 0 Å². The zero-order valence-corrected chi connectivity index (χ0v) is 31.5. The number of carbonyl (C=O) groups is 3. The Morgan fingerprint density at radius 1 is 0.471 bits per heavy atom. The molecule has 0 aromatic rings. The SMILES string of the molecule is C=CC(=O)OCCNC(=O)OCCOCCOCCOCCOCCOCCOCCOCCOCCOC(=O)NCCC[Si](OC)(OC)OC. The van der Waals surface area contributed by atoms with Crippen LogP contribution in [0.5, 0.6) is 0 Å². The summed E-state index contributed by atoms with van der Waals surface area (Å²) in [7, 11) is 2.02. The van der Waals surface area contributed by atoms with E-state index in [4.69, 9.17) is 65.4 Å². The van der Waals surface area contributed by atoms with E-state index in [-0.39, 0.29) is 39.6 Å². The highest BCUT2D eigenvalue weighted by Crippen LogP contribution is 2.14. The Morgan fingerprint density at radius 2 is 0.784 bits per heavy atom. The van der Waals surface area contributed by atoms with E-state index in [2.05, 4.69) is 17.2 Å². The topological polar surface area (TPSA) is 204 Å². The van der Waals surface area contributed by atoms with E-state index >= 15 is 0 Å². The lowest BCUT2D eigenvalue weighted by atomic mass is 10.5. The van der Waals surface area contributed by atoms with Crippen LogP contribution in [-0.4, -0.2) is 187 Å². The van der Waals surface area contributed by atoms with Gasteiger partial charge in [-0.05, 0) is 6.42 Å². The van der Waals surface area contributed by atoms with E-state index in [0.717, 1.165) is 6.08 Å². The quantitative estimate of drug-likeness (QED) is 0.0290. The first-order valence-electron chi connectivity index (χ1n) is 16.8. The second kappa shape index (κ2) is 37.3. The number of ether oxygens (including phenoxy) is 11. The molecule has 0 saturated carbocycles. The van der Waals surface area contributed by atoms with Gasteiger partial charge in [0.05, 0.1) is 112 Å². The van der Waals surface area contributed by atoms with E-state index in [0.29, 0.717) is 112 Å². The molecular weight excluding hydrogens is 700 g/mol. The van der Waals surface area contributed by atoms with Gasteiger partial charge in [0.15, 0.2) is 0 Å². The van der Waals surface area contributed by atoms with Crippen molar-refractivity contribution in [1.82, 2.24) is 10.6 Å². The third kappa shape index (κ3) is 33.1. The van der Waals surface area contributed by atoms with Gasteiger partial charge in [0.1, 0.15) is 19.8 Å². The first kappa shape index (κ1) is 48.5. The van der Waals surface area contributed by atoms with Crippen LogP contribution in [0, 0.1) is 0 Å². The highest BCUT2D eigenvalue weighted by atomic mass is 28.4. The molecule has 2 N–H and O–H groups in total. The predicted octanol–water partition coefficient (Wildman–Crippen LogP) is 0.569. The van der Waals surface area contributed by atoms with E-state index in [9.17, 15) is 14.4 Å². The van der Waals surface area contributed by atoms with Crippen LogP contribution in [0.4, 0.5) is 9.59 Å². The van der Waals surface area contributed by atoms with Gasteiger partial charge in [-0.15, -0.1) is 0 Å². The molecule has 0 heterocycles. The molecule has 0 atom stereocenters. The first-order chi connectivity index (χ1) is 24.9. The molecule has 0 aromatic heterocycles. The van der Waals surface area contributed by atoms with Gasteiger partial charge < -0.3 is 76.0 Å². The molecule has 20 heteroatoms. The van der Waals surface area contributed by atoms with Gasteiger partial charge in [-0.3, -0.25) is 0 Å². The molecule has 0 aliphatic rings. The lowest BCUT2D eigenvalue weighted by molar-refractivity contribution is -0.137. The van der Waals surface area contributed by atoms with Crippen LogP contribution in [0.15, 0.2) is 12.7 Å². The van der Waals surface area contributed by atoms with Crippen LogP contribution in [0.1, 0.15) is 6.42 Å². The Balaban J connectivity index is 3.24. The summed E-state index contributed by atoms with van der Waals surface area (Å²) in [6.45, 7) is 10.5. The van der Waals surface area contributed by atoms with Gasteiger partial charge in [0.25, 0.3) is 0 Å². The molecular formula is C31H60N2O17Si. The van der Waals surface area contributed by atoms with Crippen molar-refractivity contribution in [3.8, 4) is 0 Å². The van der Waals surface area contributed by atoms with Gasteiger partial charge in [-0.1, -0.05) is 6.58 Å². The molecule has 2 amide bonds. The van der Waals surface area contributed by atoms with Gasteiger partial charge >= 0.3 is 27.0 Å². The van der Waals surface area contributed by atoms with E-state index in [1.165, 1.54) is 0 Å². The molecule has 0 fully saturated rings. The number of rotatable bonds is 38. The van der Waals surface area contributed by atoms with Crippen molar-refractivity contribution in [1.29, 1.82) is 0 Å². The molecule has 0 radical (unpaired) electrons. The average Bonchev–Trinajstić information content (AvgIpc) is 3.14. The van der Waals surface area contributed by atoms with Crippen molar-refractivity contribution in [2.75, 3.05) is 160 Å². The maximum atomic E-state index is 11.7. The molecule has 0 unspecified atom stereocenters. The lowest BCUT2D eigenvalue weighted by Gasteiger charge is -2.24. The third-order valence-corrected chi connectivity index (χ3v) is 9.00. The van der Waals surface area contributed by atoms with Gasteiger partial charge in [0.2, 0.25) is 0 Å². The summed E-state index contributed by atoms with van der Waals surface area (Å²) in [5, 5.41) is 5.10. The number of alkyl carbamates (subject to hydrolysis) is 2. The Morgan fingerprint density at radius 3 is 1.10 bits per heavy atom. The van der Waals surface area contributed by atoms with Gasteiger partial charge in [-0.25, -0.2) is 14.4 Å². The van der Waals surface area contributed by atoms with Gasteiger partial charge in [0, 0.05) is 40.0 Å². The maximum Gasteiger partial charge on any atom is 0.500 e. The van der Waals surface area contributed by atoms with Crippen LogP contribution < -0.4 is 10.6 Å². The average molecular weight is 761 g/mol. The maximum absolute atomic E-state index is 11.7. The molecule has 0 aliphatic carbocycles. The largest absolute Gasteiger partial charge is 0.500 e. The Kier molecular flexibility index (Phi) is 35.5. The van der Waals surface area contributed by atoms with E-state index in [1.54, 1.807) is 21.3 Å². The minimum Gasteiger partial charge on any atom is -0.461 e.